The number of pyridine rings is 1. The van der Waals surface area contributed by atoms with E-state index in [0.717, 1.165) is 11.0 Å². The van der Waals surface area contributed by atoms with E-state index in [4.69, 9.17) is 1.37 Å². The molecule has 0 atom stereocenters. The molecule has 0 bridgehead atoms. The van der Waals surface area contributed by atoms with Crippen LogP contribution in [0.4, 0.5) is 0 Å². The summed E-state index contributed by atoms with van der Waals surface area (Å²) in [4.78, 5) is 7.24. The number of aromatic nitrogens is 2. The second-order valence-electron chi connectivity index (χ2n) is 3.23. The van der Waals surface area contributed by atoms with E-state index < -0.39 is 0 Å². The number of hydrogen-bond donors (Lipinski definition) is 1. The fraction of sp³-hybridized carbons (Fsp3) is 0.300. The number of fused-ring (bicyclic) bond motifs is 1. The van der Waals surface area contributed by atoms with Gasteiger partial charge in [0.15, 0.2) is 0 Å². The lowest BCUT2D eigenvalue weighted by atomic mass is 10.0. The molecule has 0 aliphatic carbocycles. The molecular formula is C10H12N2. The molecule has 0 aliphatic heterocycles. The molecule has 0 saturated carbocycles. The molecule has 12 heavy (non-hydrogen) atoms. The highest BCUT2D eigenvalue weighted by atomic mass is 14.8. The minimum atomic E-state index is 0.467. The average molecular weight is 161 g/mol. The van der Waals surface area contributed by atoms with Crippen molar-refractivity contribution >= 4 is 11.0 Å². The summed E-state index contributed by atoms with van der Waals surface area (Å²) in [5.74, 6) is 0.470. The first-order chi connectivity index (χ1) is 6.18. The Hall–Kier alpha value is -1.31. The van der Waals surface area contributed by atoms with Crippen LogP contribution in [0.2, 0.25) is 0 Å². The number of H-pyrrole nitrogens is 1. The van der Waals surface area contributed by atoms with Crippen LogP contribution in [0.5, 0.6) is 0 Å². The number of nitrogens with one attached hydrogen (secondary N) is 1. The molecule has 0 radical (unpaired) electrons. The van der Waals surface area contributed by atoms with Gasteiger partial charge in [0.1, 0.15) is 5.65 Å². The van der Waals surface area contributed by atoms with Gasteiger partial charge in [-0.3, -0.25) is 0 Å². The first-order valence-corrected chi connectivity index (χ1v) is 4.12. The molecule has 1 N–H and O–H groups in total. The number of hydrogen-bond acceptors (Lipinski definition) is 1. The van der Waals surface area contributed by atoms with Gasteiger partial charge < -0.3 is 4.98 Å². The summed E-state index contributed by atoms with van der Waals surface area (Å²) in [6.07, 6.45) is 3.53. The zero-order chi connectivity index (χ0) is 9.42. The van der Waals surface area contributed by atoms with Crippen molar-refractivity contribution in [2.75, 3.05) is 0 Å². The van der Waals surface area contributed by atoms with Crippen LogP contribution in [0.15, 0.2) is 24.5 Å². The van der Waals surface area contributed by atoms with Crippen LogP contribution in [0.25, 0.3) is 11.0 Å². The van der Waals surface area contributed by atoms with Gasteiger partial charge in [-0.1, -0.05) is 13.8 Å². The lowest BCUT2D eigenvalue weighted by molar-refractivity contribution is 0.875. The Kier molecular flexibility index (Phi) is 1.36. The minimum Gasteiger partial charge on any atom is -0.346 e. The van der Waals surface area contributed by atoms with Crippen molar-refractivity contribution in [2.24, 2.45) is 0 Å². The van der Waals surface area contributed by atoms with Gasteiger partial charge in [-0.15, -0.1) is 0 Å². The largest absolute Gasteiger partial charge is 0.346 e. The summed E-state index contributed by atoms with van der Waals surface area (Å²) >= 11 is 0. The molecule has 0 aromatic carbocycles. The smallest absolute Gasteiger partial charge is 0.137 e. The van der Waals surface area contributed by atoms with E-state index >= 15 is 0 Å². The van der Waals surface area contributed by atoms with Gasteiger partial charge in [0.2, 0.25) is 0 Å². The summed E-state index contributed by atoms with van der Waals surface area (Å²) in [5.41, 5.74) is 2.11. The molecule has 0 amide bonds. The molecule has 2 aromatic rings. The summed E-state index contributed by atoms with van der Waals surface area (Å²) in [5, 5.41) is 1.07. The van der Waals surface area contributed by atoms with E-state index in [-0.39, 0.29) is 0 Å². The normalized spacial score (nSPS) is 12.4. The maximum Gasteiger partial charge on any atom is 0.137 e. The minimum absolute atomic E-state index is 0.467. The van der Waals surface area contributed by atoms with E-state index in [9.17, 15) is 0 Å². The van der Waals surface area contributed by atoms with Crippen LogP contribution in [0.3, 0.4) is 0 Å². The van der Waals surface area contributed by atoms with Crippen molar-refractivity contribution in [1.29, 1.82) is 0 Å². The molecule has 2 heteroatoms. The van der Waals surface area contributed by atoms with Crippen LogP contribution in [-0.4, -0.2) is 9.97 Å². The van der Waals surface area contributed by atoms with Crippen LogP contribution in [0.1, 0.15) is 26.7 Å². The maximum absolute atomic E-state index is 7.48. The van der Waals surface area contributed by atoms with Crippen molar-refractivity contribution < 1.29 is 1.37 Å². The molecule has 0 aliphatic rings. The van der Waals surface area contributed by atoms with Crippen molar-refractivity contribution in [3.63, 3.8) is 0 Å². The highest BCUT2D eigenvalue weighted by Gasteiger charge is 2.05. The van der Waals surface area contributed by atoms with E-state index in [2.05, 4.69) is 23.8 Å². The van der Waals surface area contributed by atoms with Gasteiger partial charge in [0.25, 0.3) is 0 Å². The topological polar surface area (TPSA) is 28.7 Å². The van der Waals surface area contributed by atoms with E-state index in [1.807, 2.05) is 12.3 Å². The molecule has 0 unspecified atom stereocenters. The Morgan fingerprint density at radius 3 is 3.17 bits per heavy atom. The first-order valence-electron chi connectivity index (χ1n) is 4.62. The fourth-order valence-corrected chi connectivity index (χ4v) is 1.40. The molecule has 2 aromatic heterocycles. The SMILES string of the molecule is [2H]c1cnc2[nH]cc(C(C)C)c2c1. The van der Waals surface area contributed by atoms with E-state index in [1.54, 1.807) is 6.20 Å². The zero-order valence-corrected chi connectivity index (χ0v) is 7.26. The van der Waals surface area contributed by atoms with E-state index in [0.29, 0.717) is 12.0 Å². The number of rotatable bonds is 1. The molecule has 0 spiro atoms. The molecular weight excluding hydrogens is 148 g/mol. The van der Waals surface area contributed by atoms with Gasteiger partial charge in [-0.2, -0.15) is 0 Å². The van der Waals surface area contributed by atoms with Gasteiger partial charge in [0.05, 0.1) is 1.37 Å². The molecule has 2 nitrogen and oxygen atoms in total. The molecule has 62 valence electrons. The summed E-state index contributed by atoms with van der Waals surface area (Å²) < 4.78 is 7.48. The number of aromatic amines is 1. The van der Waals surface area contributed by atoms with Gasteiger partial charge in [-0.25, -0.2) is 4.98 Å². The van der Waals surface area contributed by atoms with Crippen molar-refractivity contribution in [3.8, 4) is 0 Å². The highest BCUT2D eigenvalue weighted by Crippen LogP contribution is 2.22. The Morgan fingerprint density at radius 1 is 1.58 bits per heavy atom. The van der Waals surface area contributed by atoms with Crippen LogP contribution in [-0.2, 0) is 0 Å². The van der Waals surface area contributed by atoms with Crippen molar-refractivity contribution in [3.05, 3.63) is 30.1 Å². The third kappa shape index (κ3) is 0.998. The predicted octanol–water partition coefficient (Wildman–Crippen LogP) is 2.69. The van der Waals surface area contributed by atoms with Gasteiger partial charge in [0, 0.05) is 17.8 Å². The third-order valence-corrected chi connectivity index (χ3v) is 2.05. The van der Waals surface area contributed by atoms with Crippen LogP contribution >= 0.6 is 0 Å². The predicted molar refractivity (Wildman–Crippen MR) is 50.2 cm³/mol. The zero-order valence-electron chi connectivity index (χ0n) is 8.26. The third-order valence-electron chi connectivity index (χ3n) is 2.05. The molecule has 2 rings (SSSR count). The van der Waals surface area contributed by atoms with Crippen molar-refractivity contribution in [2.45, 2.75) is 19.8 Å². The second-order valence-corrected chi connectivity index (χ2v) is 3.23. The summed E-state index contributed by atoms with van der Waals surface area (Å²) in [7, 11) is 0. The Morgan fingerprint density at radius 2 is 2.42 bits per heavy atom. The quantitative estimate of drug-likeness (QED) is 0.684. The molecule has 0 fully saturated rings. The van der Waals surface area contributed by atoms with Gasteiger partial charge in [-0.05, 0) is 23.6 Å². The van der Waals surface area contributed by atoms with E-state index in [1.165, 1.54) is 5.56 Å². The maximum atomic E-state index is 7.48. The fourth-order valence-electron chi connectivity index (χ4n) is 1.40. The number of nitrogens with zero attached hydrogens (tertiary/aromatic N) is 1. The summed E-state index contributed by atoms with van der Waals surface area (Å²) in [6.45, 7) is 4.28. The Balaban J connectivity index is 2.71. The van der Waals surface area contributed by atoms with Crippen LogP contribution < -0.4 is 0 Å². The lowest BCUT2D eigenvalue weighted by Gasteiger charge is -2.00. The van der Waals surface area contributed by atoms with Gasteiger partial charge >= 0.3 is 0 Å². The second kappa shape index (κ2) is 2.63. The Labute approximate surface area is 73.0 Å². The Bertz CT molecular complexity index is 431. The highest BCUT2D eigenvalue weighted by molar-refractivity contribution is 5.79. The lowest BCUT2D eigenvalue weighted by Crippen LogP contribution is -1.83. The monoisotopic (exact) mass is 161 g/mol. The molecule has 0 saturated heterocycles. The standard InChI is InChI=1S/C10H12N2/c1-7(2)9-6-12-10-8(9)4-3-5-11-10/h3-7H,1-2H3,(H,11,12)/i3D. The summed E-state index contributed by atoms with van der Waals surface area (Å²) in [6, 6.07) is 2.32. The first kappa shape index (κ1) is 6.23. The average Bonchev–Trinajstić information content (AvgIpc) is 2.46. The molecule has 2 heterocycles. The van der Waals surface area contributed by atoms with Crippen molar-refractivity contribution in [1.82, 2.24) is 9.97 Å². The van der Waals surface area contributed by atoms with Crippen LogP contribution in [0, 0.1) is 0 Å².